The maximum absolute atomic E-state index is 12.2. The van der Waals surface area contributed by atoms with E-state index in [4.69, 9.17) is 0 Å². The minimum absolute atomic E-state index is 0.0240. The summed E-state index contributed by atoms with van der Waals surface area (Å²) in [5.74, 6) is 11.4. The first kappa shape index (κ1) is 13.7. The zero-order valence-corrected chi connectivity index (χ0v) is 11.3. The summed E-state index contributed by atoms with van der Waals surface area (Å²) in [5.41, 5.74) is 2.22. The summed E-state index contributed by atoms with van der Waals surface area (Å²) < 4.78 is 0. The molecule has 0 fully saturated rings. The van der Waals surface area contributed by atoms with Gasteiger partial charge in [0, 0.05) is 23.1 Å². The number of benzene rings is 2. The van der Waals surface area contributed by atoms with Crippen molar-refractivity contribution in [3.05, 3.63) is 71.3 Å². The van der Waals surface area contributed by atoms with E-state index in [-0.39, 0.29) is 5.78 Å². The Morgan fingerprint density at radius 2 is 1.55 bits per heavy atom. The van der Waals surface area contributed by atoms with Gasteiger partial charge in [-0.15, -0.1) is 0 Å². The predicted octanol–water partition coefficient (Wildman–Crippen LogP) is 3.68. The molecular weight excluding hydrogens is 244 g/mol. The Morgan fingerprint density at radius 3 is 2.20 bits per heavy atom. The van der Waals surface area contributed by atoms with Crippen molar-refractivity contribution in [2.45, 2.75) is 13.3 Å². The Bertz CT molecular complexity index is 702. The van der Waals surface area contributed by atoms with Crippen molar-refractivity contribution in [2.24, 2.45) is 0 Å². The number of carbonyl (C=O) groups excluding carboxylic acids is 1. The van der Waals surface area contributed by atoms with E-state index in [1.54, 1.807) is 12.1 Å². The van der Waals surface area contributed by atoms with Gasteiger partial charge < -0.3 is 0 Å². The fourth-order valence-corrected chi connectivity index (χ4v) is 1.70. The van der Waals surface area contributed by atoms with Crippen LogP contribution in [0.5, 0.6) is 0 Å². The minimum atomic E-state index is 0.0240. The van der Waals surface area contributed by atoms with Crippen molar-refractivity contribution < 1.29 is 4.79 Å². The van der Waals surface area contributed by atoms with Gasteiger partial charge in [-0.2, -0.15) is 0 Å². The summed E-state index contributed by atoms with van der Waals surface area (Å²) in [6.45, 7) is 1.98. The molecule has 0 amide bonds. The van der Waals surface area contributed by atoms with Crippen molar-refractivity contribution >= 4 is 5.78 Å². The molecule has 0 atom stereocenters. The maximum Gasteiger partial charge on any atom is 0.193 e. The molecule has 2 rings (SSSR count). The molecule has 0 saturated carbocycles. The van der Waals surface area contributed by atoms with Crippen LogP contribution in [0.3, 0.4) is 0 Å². The van der Waals surface area contributed by atoms with Crippen molar-refractivity contribution in [3.63, 3.8) is 0 Å². The van der Waals surface area contributed by atoms with Crippen LogP contribution in [0.1, 0.15) is 34.8 Å². The highest BCUT2D eigenvalue weighted by molar-refractivity contribution is 6.08. The van der Waals surface area contributed by atoms with Crippen LogP contribution >= 0.6 is 0 Å². The van der Waals surface area contributed by atoms with Crippen LogP contribution in [-0.4, -0.2) is 5.78 Å². The fraction of sp³-hybridized carbons (Fsp3) is 0.105. The van der Waals surface area contributed by atoms with Gasteiger partial charge in [0.25, 0.3) is 0 Å². The molecule has 0 aliphatic rings. The third-order valence-corrected chi connectivity index (χ3v) is 2.72. The summed E-state index contributed by atoms with van der Waals surface area (Å²) in [6, 6.07) is 16.5. The Hall–Kier alpha value is -2.77. The van der Waals surface area contributed by atoms with E-state index in [0.29, 0.717) is 11.1 Å². The zero-order chi connectivity index (χ0) is 14.2. The minimum Gasteiger partial charge on any atom is -0.289 e. The van der Waals surface area contributed by atoms with E-state index < -0.39 is 0 Å². The maximum atomic E-state index is 12.2. The number of ketones is 1. The highest BCUT2D eigenvalue weighted by Crippen LogP contribution is 2.10. The summed E-state index contributed by atoms with van der Waals surface area (Å²) in [5, 5.41) is 0. The van der Waals surface area contributed by atoms with Crippen LogP contribution in [-0.2, 0) is 0 Å². The van der Waals surface area contributed by atoms with Crippen LogP contribution in [0, 0.1) is 23.7 Å². The first-order valence-corrected chi connectivity index (χ1v) is 6.50. The van der Waals surface area contributed by atoms with Crippen LogP contribution < -0.4 is 0 Å². The molecule has 0 bridgehead atoms. The van der Waals surface area contributed by atoms with Gasteiger partial charge in [0.1, 0.15) is 0 Å². The lowest BCUT2D eigenvalue weighted by Crippen LogP contribution is -2.00. The average Bonchev–Trinajstić information content (AvgIpc) is 2.52. The number of hydrogen-bond acceptors (Lipinski definition) is 1. The van der Waals surface area contributed by atoms with Crippen molar-refractivity contribution in [1.82, 2.24) is 0 Å². The van der Waals surface area contributed by atoms with Gasteiger partial charge in [0.2, 0.25) is 0 Å². The first-order valence-electron chi connectivity index (χ1n) is 6.50. The lowest BCUT2D eigenvalue weighted by Gasteiger charge is -2.00. The molecule has 2 aromatic carbocycles. The lowest BCUT2D eigenvalue weighted by atomic mass is 10.0. The lowest BCUT2D eigenvalue weighted by molar-refractivity contribution is 0.103. The number of hydrogen-bond donors (Lipinski definition) is 0. The molecule has 20 heavy (non-hydrogen) atoms. The highest BCUT2D eigenvalue weighted by Gasteiger charge is 2.07. The molecule has 0 heterocycles. The second-order valence-electron chi connectivity index (χ2n) is 4.18. The molecule has 0 radical (unpaired) electrons. The molecule has 0 spiro atoms. The molecule has 1 heteroatoms. The molecule has 0 aliphatic carbocycles. The van der Waals surface area contributed by atoms with Gasteiger partial charge >= 0.3 is 0 Å². The standard InChI is InChI=1S/C19H14O/c1-2-3-4-6-9-16-12-14-18(15-13-16)19(20)17-10-7-5-8-11-17/h5,7-8,10-15H,2H2,1H3. The molecule has 0 unspecified atom stereocenters. The Morgan fingerprint density at radius 1 is 0.900 bits per heavy atom. The van der Waals surface area contributed by atoms with Crippen LogP contribution in [0.15, 0.2) is 54.6 Å². The van der Waals surface area contributed by atoms with Crippen molar-refractivity contribution in [3.8, 4) is 23.7 Å². The van der Waals surface area contributed by atoms with E-state index in [1.807, 2.05) is 49.4 Å². The van der Waals surface area contributed by atoms with E-state index in [9.17, 15) is 4.79 Å². The molecule has 0 saturated heterocycles. The topological polar surface area (TPSA) is 17.1 Å². The Kier molecular flexibility index (Phi) is 4.76. The van der Waals surface area contributed by atoms with Gasteiger partial charge in [-0.05, 0) is 36.1 Å². The summed E-state index contributed by atoms with van der Waals surface area (Å²) in [4.78, 5) is 12.2. The van der Waals surface area contributed by atoms with Crippen LogP contribution in [0.4, 0.5) is 0 Å². The summed E-state index contributed by atoms with van der Waals surface area (Å²) in [6.07, 6.45) is 0.805. The van der Waals surface area contributed by atoms with E-state index in [2.05, 4.69) is 23.7 Å². The second-order valence-corrected chi connectivity index (χ2v) is 4.18. The Labute approximate surface area is 119 Å². The zero-order valence-electron chi connectivity index (χ0n) is 11.3. The van der Waals surface area contributed by atoms with Crippen molar-refractivity contribution in [2.75, 3.05) is 0 Å². The van der Waals surface area contributed by atoms with Gasteiger partial charge in [0.05, 0.1) is 0 Å². The first-order chi connectivity index (χ1) is 9.81. The molecular formula is C19H14O. The number of rotatable bonds is 2. The summed E-state index contributed by atoms with van der Waals surface area (Å²) >= 11 is 0. The highest BCUT2D eigenvalue weighted by atomic mass is 16.1. The molecule has 0 N–H and O–H groups in total. The largest absolute Gasteiger partial charge is 0.289 e. The predicted molar refractivity (Wildman–Crippen MR) is 81.3 cm³/mol. The van der Waals surface area contributed by atoms with Crippen LogP contribution in [0.25, 0.3) is 0 Å². The normalized spacial score (nSPS) is 8.85. The van der Waals surface area contributed by atoms with E-state index in [1.165, 1.54) is 0 Å². The molecule has 2 aromatic rings. The second kappa shape index (κ2) is 6.98. The van der Waals surface area contributed by atoms with Gasteiger partial charge in [-0.3, -0.25) is 4.79 Å². The smallest absolute Gasteiger partial charge is 0.193 e. The fourth-order valence-electron chi connectivity index (χ4n) is 1.70. The molecule has 0 aliphatic heterocycles. The molecule has 96 valence electrons. The third-order valence-electron chi connectivity index (χ3n) is 2.72. The van der Waals surface area contributed by atoms with E-state index >= 15 is 0 Å². The van der Waals surface area contributed by atoms with Crippen molar-refractivity contribution in [1.29, 1.82) is 0 Å². The monoisotopic (exact) mass is 258 g/mol. The van der Waals surface area contributed by atoms with Crippen LogP contribution in [0.2, 0.25) is 0 Å². The SMILES string of the molecule is CCC#CC#Cc1ccc(C(=O)c2ccccc2)cc1. The van der Waals surface area contributed by atoms with E-state index in [0.717, 1.165) is 12.0 Å². The van der Waals surface area contributed by atoms with Gasteiger partial charge in [0.15, 0.2) is 5.78 Å². The van der Waals surface area contributed by atoms with Gasteiger partial charge in [-0.25, -0.2) is 0 Å². The Balaban J connectivity index is 2.16. The third kappa shape index (κ3) is 3.61. The number of carbonyl (C=O) groups is 1. The van der Waals surface area contributed by atoms with Gasteiger partial charge in [-0.1, -0.05) is 49.1 Å². The average molecular weight is 258 g/mol. The summed E-state index contributed by atoms with van der Waals surface area (Å²) in [7, 11) is 0. The molecule has 0 aromatic heterocycles. The quantitative estimate of drug-likeness (QED) is 0.593. The molecule has 1 nitrogen and oxygen atoms in total.